The first-order valence-corrected chi connectivity index (χ1v) is 21.1. The zero-order valence-corrected chi connectivity index (χ0v) is 38.6. The van der Waals surface area contributed by atoms with Gasteiger partial charge in [0.15, 0.2) is 49.4 Å². The van der Waals surface area contributed by atoms with Crippen molar-refractivity contribution in [3.05, 3.63) is 62.7 Å². The maximum absolute atomic E-state index is 12.9. The van der Waals surface area contributed by atoms with E-state index in [4.69, 9.17) is 62.4 Å². The zero-order valence-electron chi connectivity index (χ0n) is 38.6. The minimum absolute atomic E-state index is 0.486. The van der Waals surface area contributed by atoms with E-state index >= 15 is 0 Å². The number of rotatable bonds is 21. The Morgan fingerprint density at radius 3 is 1.17 bits per heavy atom. The van der Waals surface area contributed by atoms with Gasteiger partial charge in [-0.25, -0.2) is 0 Å². The van der Waals surface area contributed by atoms with Crippen molar-refractivity contribution in [1.29, 1.82) is 0 Å². The number of hydrogen-bond acceptors (Lipinski definition) is 25. The van der Waals surface area contributed by atoms with Crippen LogP contribution in [0.3, 0.4) is 0 Å². The van der Waals surface area contributed by atoms with Gasteiger partial charge in [-0.2, -0.15) is 0 Å². The van der Waals surface area contributed by atoms with E-state index in [0.717, 1.165) is 41.5 Å². The predicted molar refractivity (Wildman–Crippen MR) is 225 cm³/mol. The fourth-order valence-corrected chi connectivity index (χ4v) is 8.27. The molecule has 0 aromatic carbocycles. The molecule has 37 heteroatoms. The molecule has 0 radical (unpaired) electrons. The van der Waals surface area contributed by atoms with E-state index in [-0.39, 0.29) is 0 Å². The number of ether oxygens (including phenoxy) is 12. The lowest BCUT2D eigenvalue weighted by molar-refractivity contribution is -0.309. The van der Waals surface area contributed by atoms with E-state index in [1.165, 1.54) is 0 Å². The van der Waals surface area contributed by atoms with Crippen LogP contribution in [0.5, 0.6) is 0 Å². The smallest absolute Gasteiger partial charge is 0.303 e. The Labute approximate surface area is 403 Å². The standard InChI is InChI=1S/C35H46N18O19/c1-11(55)61-24-17(44-50-38)7-18(45-51-39)25(70-33-22(46-52-40)29(64-14(4)58)26(62-12(2)56)19(67-33)8-42-48-36)31(24)72-35-32(66-16(6)60)28(21(10-54)69-35)71-34-23(47-53-41)30(65-15(5)59)27(63-13(3)57)20(68-34)9-43-49-37/h17-35,54H,7-10H2,1-6H3/t17-,18?,19?,20?,21-,22?,23?,24?,25-,26-,27-,28?,29?,30?,31?,32?,33-,34-,35+/m1/s1. The highest BCUT2D eigenvalue weighted by Crippen LogP contribution is 2.40. The summed E-state index contributed by atoms with van der Waals surface area (Å²) in [7, 11) is 0. The minimum Gasteiger partial charge on any atom is -0.459 e. The molecule has 1 saturated carbocycles. The van der Waals surface area contributed by atoms with Crippen LogP contribution in [0.25, 0.3) is 62.7 Å². The van der Waals surface area contributed by atoms with E-state index in [1.807, 2.05) is 0 Å². The van der Waals surface area contributed by atoms with Crippen LogP contribution in [0.2, 0.25) is 0 Å². The summed E-state index contributed by atoms with van der Waals surface area (Å²) in [5.41, 5.74) is 57.1. The highest BCUT2D eigenvalue weighted by atomic mass is 16.8. The number of hydrogen-bond donors (Lipinski definition) is 1. The second kappa shape index (κ2) is 27.1. The molecule has 72 heavy (non-hydrogen) atoms. The molecular formula is C35H46N18O19. The van der Waals surface area contributed by atoms with Gasteiger partial charge in [-0.05, 0) is 39.6 Å². The molecule has 4 fully saturated rings. The van der Waals surface area contributed by atoms with Gasteiger partial charge in [0.1, 0.15) is 48.7 Å². The summed E-state index contributed by atoms with van der Waals surface area (Å²) >= 11 is 0. The van der Waals surface area contributed by atoms with Gasteiger partial charge in [-0.3, -0.25) is 28.8 Å². The highest BCUT2D eigenvalue weighted by molar-refractivity contribution is 5.68. The third kappa shape index (κ3) is 14.7. The van der Waals surface area contributed by atoms with Gasteiger partial charge in [0.2, 0.25) is 0 Å². The molecule has 37 nitrogen and oxygen atoms in total. The van der Waals surface area contributed by atoms with Crippen molar-refractivity contribution in [2.24, 2.45) is 30.7 Å². The maximum Gasteiger partial charge on any atom is 0.303 e. The van der Waals surface area contributed by atoms with Gasteiger partial charge < -0.3 is 61.9 Å². The Balaban J connectivity index is 1.91. The summed E-state index contributed by atoms with van der Waals surface area (Å²) in [6.07, 6.45) is -27.0. The molecule has 0 aromatic rings. The van der Waals surface area contributed by atoms with Gasteiger partial charge >= 0.3 is 35.8 Å². The first kappa shape index (κ1) is 57.0. The van der Waals surface area contributed by atoms with Crippen molar-refractivity contribution in [3.8, 4) is 0 Å². The summed E-state index contributed by atoms with van der Waals surface area (Å²) in [6.45, 7) is 3.56. The average molecular weight is 1020 g/mol. The maximum atomic E-state index is 12.9. The van der Waals surface area contributed by atoms with Crippen molar-refractivity contribution in [2.75, 3.05) is 19.7 Å². The number of aliphatic hydroxyl groups excluding tert-OH is 1. The molecule has 0 aromatic heterocycles. The topological polar surface area (TPSA) is 526 Å². The third-order valence-corrected chi connectivity index (χ3v) is 10.7. The van der Waals surface area contributed by atoms with Crippen molar-refractivity contribution < 1.29 is 90.7 Å². The summed E-state index contributed by atoms with van der Waals surface area (Å²) < 4.78 is 70.0. The molecule has 0 bridgehead atoms. The van der Waals surface area contributed by atoms with Crippen LogP contribution in [0.4, 0.5) is 0 Å². The first-order valence-electron chi connectivity index (χ1n) is 21.1. The van der Waals surface area contributed by atoms with E-state index in [9.17, 15) is 61.5 Å². The monoisotopic (exact) mass is 1020 g/mol. The molecule has 1 aliphatic carbocycles. The van der Waals surface area contributed by atoms with Gasteiger partial charge in [0, 0.05) is 71.0 Å². The van der Waals surface area contributed by atoms with E-state index in [0.29, 0.717) is 0 Å². The minimum atomic E-state index is -2.01. The Bertz CT molecular complexity index is 2320. The largest absolute Gasteiger partial charge is 0.459 e. The predicted octanol–water partition coefficient (Wildman–Crippen LogP) is 2.64. The molecular weight excluding hydrogens is 976 g/mol. The average Bonchev–Trinajstić information content (AvgIpc) is 3.61. The quantitative estimate of drug-likeness (QED) is 0.0567. The molecule has 4 aliphatic rings. The fourth-order valence-electron chi connectivity index (χ4n) is 8.27. The number of aliphatic hydroxyl groups is 1. The molecule has 4 rings (SSSR count). The molecule has 3 saturated heterocycles. The van der Waals surface area contributed by atoms with Crippen molar-refractivity contribution in [2.45, 2.75) is 164 Å². The number of esters is 6. The Morgan fingerprint density at radius 1 is 0.431 bits per heavy atom. The Kier molecular flexibility index (Phi) is 21.5. The number of carbonyl (C=O) groups is 6. The van der Waals surface area contributed by atoms with Gasteiger partial charge in [-0.1, -0.05) is 30.7 Å². The van der Waals surface area contributed by atoms with Crippen LogP contribution in [-0.4, -0.2) is 177 Å². The van der Waals surface area contributed by atoms with Crippen LogP contribution in [0.1, 0.15) is 48.0 Å². The molecule has 3 heterocycles. The van der Waals surface area contributed by atoms with Crippen molar-refractivity contribution >= 4 is 35.8 Å². The van der Waals surface area contributed by atoms with Crippen molar-refractivity contribution in [1.82, 2.24) is 0 Å². The van der Waals surface area contributed by atoms with Gasteiger partial charge in [0.25, 0.3) is 0 Å². The third-order valence-electron chi connectivity index (χ3n) is 10.7. The summed E-state index contributed by atoms with van der Waals surface area (Å²) in [6, 6.07) is -6.62. The lowest BCUT2D eigenvalue weighted by Gasteiger charge is -2.48. The van der Waals surface area contributed by atoms with E-state index in [2.05, 4.69) is 60.2 Å². The molecule has 0 spiro atoms. The van der Waals surface area contributed by atoms with Crippen LogP contribution >= 0.6 is 0 Å². The Hall–Kier alpha value is -7.60. The second-order valence-electron chi connectivity index (χ2n) is 15.6. The van der Waals surface area contributed by atoms with Gasteiger partial charge in [0.05, 0.1) is 37.9 Å². The molecule has 3 aliphatic heterocycles. The molecule has 390 valence electrons. The molecule has 11 unspecified atom stereocenters. The summed E-state index contributed by atoms with van der Waals surface area (Å²) in [5.74, 6) is -5.93. The summed E-state index contributed by atoms with van der Waals surface area (Å²) in [4.78, 5) is 91.7. The van der Waals surface area contributed by atoms with Crippen LogP contribution < -0.4 is 0 Å². The summed E-state index contributed by atoms with van der Waals surface area (Å²) in [5, 5.41) is 32.5. The highest BCUT2D eigenvalue weighted by Gasteiger charge is 2.59. The number of azide groups is 6. The Morgan fingerprint density at radius 2 is 0.778 bits per heavy atom. The van der Waals surface area contributed by atoms with Crippen molar-refractivity contribution in [3.63, 3.8) is 0 Å². The first-order chi connectivity index (χ1) is 34.4. The van der Waals surface area contributed by atoms with Crippen LogP contribution in [-0.2, 0) is 85.6 Å². The lowest BCUT2D eigenvalue weighted by Crippen LogP contribution is -2.65. The zero-order chi connectivity index (χ0) is 53.2. The van der Waals surface area contributed by atoms with E-state index < -0.39 is 178 Å². The number of nitrogens with zero attached hydrogens (tertiary/aromatic N) is 18. The van der Waals surface area contributed by atoms with Crippen LogP contribution in [0.15, 0.2) is 30.7 Å². The second-order valence-corrected chi connectivity index (χ2v) is 15.6. The molecule has 1 N–H and O–H groups in total. The number of carbonyl (C=O) groups excluding carboxylic acids is 6. The fraction of sp³-hybridized carbons (Fsp3) is 0.829. The molecule has 0 amide bonds. The normalized spacial score (nSPS) is 34.6. The van der Waals surface area contributed by atoms with Gasteiger partial charge in [-0.15, -0.1) is 0 Å². The van der Waals surface area contributed by atoms with E-state index in [1.54, 1.807) is 0 Å². The SMILES string of the molecule is CC(=O)OC1C(O[C@H]2OC(CN=[N+]=[N-])[C@@H](OC(C)=O)C(OC(C)=O)C2N=[N+]=[N-])[C@@H](CO)O[C@H]1OC1C(OC(C)=O)[C@H](N=[N+]=[N-])CC(N=[N+]=[N-])[C@H]1O[C@H]1OC(CN=[N+]=[N-])[C@@H](OC(C)=O)C(OC(C)=O)C1N=[N+]=[N-]. The molecule has 19 atom stereocenters. The lowest BCUT2D eigenvalue weighted by atomic mass is 9.83. The van der Waals surface area contributed by atoms with Crippen LogP contribution in [0, 0.1) is 0 Å².